The zero-order valence-corrected chi connectivity index (χ0v) is 13.0. The van der Waals surface area contributed by atoms with Gasteiger partial charge in [0.25, 0.3) is 5.91 Å². The molecule has 0 radical (unpaired) electrons. The number of aromatic amines is 1. The number of aromatic nitrogens is 2. The van der Waals surface area contributed by atoms with Crippen molar-refractivity contribution in [2.45, 2.75) is 33.6 Å². The van der Waals surface area contributed by atoms with Crippen LogP contribution in [0.4, 0.5) is 11.4 Å². The Kier molecular flexibility index (Phi) is 4.31. The van der Waals surface area contributed by atoms with Gasteiger partial charge in [-0.25, -0.2) is 0 Å². The minimum absolute atomic E-state index is 0.196. The van der Waals surface area contributed by atoms with Gasteiger partial charge >= 0.3 is 0 Å². The van der Waals surface area contributed by atoms with Crippen molar-refractivity contribution in [2.75, 3.05) is 17.7 Å². The molecule has 0 saturated heterocycles. The molecule has 1 aromatic heterocycles. The Bertz CT molecular complexity index is 660. The number of anilines is 2. The van der Waals surface area contributed by atoms with Crippen LogP contribution in [0.15, 0.2) is 18.2 Å². The second-order valence-corrected chi connectivity index (χ2v) is 5.37. The lowest BCUT2D eigenvalue weighted by Crippen LogP contribution is -2.28. The molecule has 2 rings (SSSR count). The number of hydrogen-bond donors (Lipinski definition) is 2. The highest BCUT2D eigenvalue weighted by atomic mass is 16.2. The Morgan fingerprint density at radius 2 is 2.10 bits per heavy atom. The molecule has 0 unspecified atom stereocenters. The van der Waals surface area contributed by atoms with E-state index in [4.69, 9.17) is 5.73 Å². The Morgan fingerprint density at radius 1 is 1.38 bits per heavy atom. The van der Waals surface area contributed by atoms with Gasteiger partial charge in [-0.05, 0) is 31.9 Å². The molecule has 1 heterocycles. The van der Waals surface area contributed by atoms with Crippen LogP contribution < -0.4 is 10.6 Å². The average Bonchev–Trinajstić information content (AvgIpc) is 2.79. The van der Waals surface area contributed by atoms with Crippen molar-refractivity contribution in [3.8, 4) is 0 Å². The van der Waals surface area contributed by atoms with Gasteiger partial charge in [-0.15, -0.1) is 0 Å². The number of hydrogen-bond acceptors (Lipinski definition) is 3. The summed E-state index contributed by atoms with van der Waals surface area (Å²) in [7, 11) is 1.74. The Morgan fingerprint density at radius 3 is 2.71 bits per heavy atom. The third-order valence-corrected chi connectivity index (χ3v) is 3.60. The number of nitrogens with two attached hydrogens (primary N) is 1. The van der Waals surface area contributed by atoms with E-state index in [0.717, 1.165) is 29.8 Å². The summed E-state index contributed by atoms with van der Waals surface area (Å²) in [6.45, 7) is 6.08. The zero-order valence-electron chi connectivity index (χ0n) is 13.0. The molecule has 5 nitrogen and oxygen atoms in total. The van der Waals surface area contributed by atoms with E-state index in [0.29, 0.717) is 11.4 Å². The molecule has 0 saturated carbocycles. The fourth-order valence-electron chi connectivity index (χ4n) is 2.44. The van der Waals surface area contributed by atoms with Gasteiger partial charge < -0.3 is 10.6 Å². The largest absolute Gasteiger partial charge is 0.395 e. The maximum atomic E-state index is 12.6. The predicted molar refractivity (Wildman–Crippen MR) is 85.6 cm³/mol. The van der Waals surface area contributed by atoms with Gasteiger partial charge in [0.2, 0.25) is 0 Å². The summed E-state index contributed by atoms with van der Waals surface area (Å²) >= 11 is 0. The van der Waals surface area contributed by atoms with Crippen LogP contribution in [0.5, 0.6) is 0 Å². The van der Waals surface area contributed by atoms with Crippen molar-refractivity contribution < 1.29 is 4.79 Å². The number of amides is 1. The number of H-pyrrole nitrogens is 1. The van der Waals surface area contributed by atoms with Gasteiger partial charge in [0, 0.05) is 12.7 Å². The number of benzene rings is 1. The molecule has 0 aliphatic carbocycles. The summed E-state index contributed by atoms with van der Waals surface area (Å²) in [5.74, 6) is -0.196. The van der Waals surface area contributed by atoms with E-state index in [-0.39, 0.29) is 5.91 Å². The standard InChI is InChI=1S/C16H22N4O/c1-5-6-12-14(17)15(19-18-12)16(21)20(4)13-8-7-10(2)9-11(13)3/h7-9H,5-6,17H2,1-4H3,(H,18,19). The van der Waals surface area contributed by atoms with Crippen LogP contribution in [-0.4, -0.2) is 23.2 Å². The maximum absolute atomic E-state index is 12.6. The molecule has 1 aromatic carbocycles. The Balaban J connectivity index is 2.31. The molecule has 0 atom stereocenters. The molecule has 0 bridgehead atoms. The number of aryl methyl sites for hydroxylation is 3. The van der Waals surface area contributed by atoms with E-state index < -0.39 is 0 Å². The maximum Gasteiger partial charge on any atom is 0.280 e. The van der Waals surface area contributed by atoms with Crippen LogP contribution in [-0.2, 0) is 6.42 Å². The second-order valence-electron chi connectivity index (χ2n) is 5.37. The van der Waals surface area contributed by atoms with E-state index in [1.165, 1.54) is 5.56 Å². The highest BCUT2D eigenvalue weighted by Crippen LogP contribution is 2.24. The summed E-state index contributed by atoms with van der Waals surface area (Å²) in [6, 6.07) is 5.98. The van der Waals surface area contributed by atoms with Crippen molar-refractivity contribution in [1.29, 1.82) is 0 Å². The van der Waals surface area contributed by atoms with E-state index >= 15 is 0 Å². The normalized spacial score (nSPS) is 10.7. The number of nitrogens with one attached hydrogen (secondary N) is 1. The minimum Gasteiger partial charge on any atom is -0.395 e. The summed E-state index contributed by atoms with van der Waals surface area (Å²) in [5.41, 5.74) is 10.7. The van der Waals surface area contributed by atoms with E-state index in [1.807, 2.05) is 26.0 Å². The first-order valence-electron chi connectivity index (χ1n) is 7.13. The van der Waals surface area contributed by atoms with E-state index in [1.54, 1.807) is 11.9 Å². The van der Waals surface area contributed by atoms with Crippen LogP contribution in [0.25, 0.3) is 0 Å². The van der Waals surface area contributed by atoms with Crippen LogP contribution in [0.3, 0.4) is 0 Å². The lowest BCUT2D eigenvalue weighted by molar-refractivity contribution is 0.0989. The molecule has 2 aromatic rings. The van der Waals surface area contributed by atoms with Crippen molar-refractivity contribution in [3.05, 3.63) is 40.7 Å². The second kappa shape index (κ2) is 5.99. The molecular weight excluding hydrogens is 264 g/mol. The topological polar surface area (TPSA) is 75.0 Å². The smallest absolute Gasteiger partial charge is 0.280 e. The highest BCUT2D eigenvalue weighted by Gasteiger charge is 2.22. The van der Waals surface area contributed by atoms with Crippen molar-refractivity contribution in [1.82, 2.24) is 10.2 Å². The minimum atomic E-state index is -0.196. The molecule has 112 valence electrons. The molecule has 0 aliphatic heterocycles. The molecule has 5 heteroatoms. The number of rotatable bonds is 4. The van der Waals surface area contributed by atoms with Gasteiger partial charge in [0.15, 0.2) is 5.69 Å². The number of carbonyl (C=O) groups excluding carboxylic acids is 1. The lowest BCUT2D eigenvalue weighted by atomic mass is 10.1. The van der Waals surface area contributed by atoms with Crippen molar-refractivity contribution in [2.24, 2.45) is 0 Å². The van der Waals surface area contributed by atoms with Gasteiger partial charge in [-0.2, -0.15) is 5.10 Å². The fourth-order valence-corrected chi connectivity index (χ4v) is 2.44. The summed E-state index contributed by atoms with van der Waals surface area (Å²) in [4.78, 5) is 14.2. The van der Waals surface area contributed by atoms with E-state index in [2.05, 4.69) is 23.2 Å². The third kappa shape index (κ3) is 2.91. The van der Waals surface area contributed by atoms with Crippen LogP contribution in [0, 0.1) is 13.8 Å². The third-order valence-electron chi connectivity index (χ3n) is 3.60. The monoisotopic (exact) mass is 286 g/mol. The first-order chi connectivity index (χ1) is 9.95. The molecule has 0 aliphatic rings. The molecule has 0 fully saturated rings. The lowest BCUT2D eigenvalue weighted by Gasteiger charge is -2.19. The summed E-state index contributed by atoms with van der Waals surface area (Å²) in [5, 5.41) is 6.95. The number of carbonyl (C=O) groups is 1. The SMILES string of the molecule is CCCc1[nH]nc(C(=O)N(C)c2ccc(C)cc2C)c1N. The molecule has 1 amide bonds. The summed E-state index contributed by atoms with van der Waals surface area (Å²) in [6.07, 6.45) is 1.74. The van der Waals surface area contributed by atoms with E-state index in [9.17, 15) is 4.79 Å². The fraction of sp³-hybridized carbons (Fsp3) is 0.375. The quantitative estimate of drug-likeness (QED) is 0.907. The zero-order chi connectivity index (χ0) is 15.6. The van der Waals surface area contributed by atoms with Gasteiger partial charge in [-0.1, -0.05) is 31.0 Å². The average molecular weight is 286 g/mol. The molecule has 0 spiro atoms. The summed E-state index contributed by atoms with van der Waals surface area (Å²) < 4.78 is 0. The number of nitrogen functional groups attached to an aromatic ring is 1. The number of nitrogens with zero attached hydrogens (tertiary/aromatic N) is 2. The predicted octanol–water partition coefficient (Wildman–Crippen LogP) is 2.84. The Hall–Kier alpha value is -2.30. The van der Waals surface area contributed by atoms with Gasteiger partial charge in [-0.3, -0.25) is 9.89 Å². The highest BCUT2D eigenvalue weighted by molar-refractivity contribution is 6.08. The first kappa shape index (κ1) is 15.1. The molecule has 21 heavy (non-hydrogen) atoms. The first-order valence-corrected chi connectivity index (χ1v) is 7.13. The molecule has 3 N–H and O–H groups in total. The van der Waals surface area contributed by atoms with Crippen molar-refractivity contribution >= 4 is 17.3 Å². The van der Waals surface area contributed by atoms with Crippen LogP contribution in [0.1, 0.15) is 40.7 Å². The van der Waals surface area contributed by atoms with Gasteiger partial charge in [0.05, 0.1) is 11.4 Å². The van der Waals surface area contributed by atoms with Crippen LogP contribution in [0.2, 0.25) is 0 Å². The van der Waals surface area contributed by atoms with Crippen molar-refractivity contribution in [3.63, 3.8) is 0 Å². The van der Waals surface area contributed by atoms with Gasteiger partial charge in [0.1, 0.15) is 0 Å². The Labute approximate surface area is 125 Å². The molecular formula is C16H22N4O. The van der Waals surface area contributed by atoms with Crippen LogP contribution >= 0.6 is 0 Å².